The third-order valence-electron chi connectivity index (χ3n) is 3.28. The molecule has 0 bridgehead atoms. The maximum atomic E-state index is 13.3. The van der Waals surface area contributed by atoms with E-state index in [2.05, 4.69) is 12.2 Å². The Morgan fingerprint density at radius 2 is 2.11 bits per heavy atom. The van der Waals surface area contributed by atoms with Crippen LogP contribution in [0.25, 0.3) is 0 Å². The van der Waals surface area contributed by atoms with Crippen LogP contribution < -0.4 is 5.32 Å². The average Bonchev–Trinajstić information content (AvgIpc) is 2.40. The highest BCUT2D eigenvalue weighted by Crippen LogP contribution is 2.14. The van der Waals surface area contributed by atoms with Crippen molar-refractivity contribution < 1.29 is 9.13 Å². The fourth-order valence-electron chi connectivity index (χ4n) is 2.12. The maximum absolute atomic E-state index is 13.3. The minimum atomic E-state index is -0.153. The summed E-state index contributed by atoms with van der Waals surface area (Å²) in [5.41, 5.74) is 2.24. The molecule has 0 aromatic heterocycles. The molecule has 3 heteroatoms. The van der Waals surface area contributed by atoms with Crippen LogP contribution in [0.3, 0.4) is 0 Å². The van der Waals surface area contributed by atoms with Gasteiger partial charge in [0.1, 0.15) is 5.82 Å². The van der Waals surface area contributed by atoms with Gasteiger partial charge in [-0.25, -0.2) is 4.39 Å². The second kappa shape index (κ2) is 9.05. The first-order chi connectivity index (χ1) is 9.17. The Bertz CT molecular complexity index is 368. The highest BCUT2D eigenvalue weighted by molar-refractivity contribution is 5.27. The molecule has 108 valence electrons. The molecule has 2 nitrogen and oxygen atoms in total. The topological polar surface area (TPSA) is 21.3 Å². The van der Waals surface area contributed by atoms with Gasteiger partial charge in [0.05, 0.1) is 0 Å². The molecule has 0 saturated heterocycles. The van der Waals surface area contributed by atoms with E-state index < -0.39 is 0 Å². The predicted octanol–water partition coefficient (Wildman–Crippen LogP) is 3.47. The zero-order valence-corrected chi connectivity index (χ0v) is 12.3. The molecule has 1 aromatic rings. The lowest BCUT2D eigenvalue weighted by molar-refractivity contribution is 0.136. The molecule has 1 unspecified atom stereocenters. The van der Waals surface area contributed by atoms with Gasteiger partial charge in [-0.05, 0) is 62.9 Å². The molecular weight excluding hydrogens is 241 g/mol. The van der Waals surface area contributed by atoms with Gasteiger partial charge in [0, 0.05) is 19.3 Å². The molecular formula is C16H26FNO. The first-order valence-electron chi connectivity index (χ1n) is 7.23. The Hall–Kier alpha value is -0.930. The van der Waals surface area contributed by atoms with Crippen LogP contribution in [0, 0.1) is 12.7 Å². The van der Waals surface area contributed by atoms with Gasteiger partial charge >= 0.3 is 0 Å². The van der Waals surface area contributed by atoms with Crippen LogP contribution in [0.1, 0.15) is 37.8 Å². The average molecular weight is 267 g/mol. The van der Waals surface area contributed by atoms with Crippen LogP contribution in [0.15, 0.2) is 18.2 Å². The molecule has 19 heavy (non-hydrogen) atoms. The van der Waals surface area contributed by atoms with Crippen LogP contribution in [0.5, 0.6) is 0 Å². The van der Waals surface area contributed by atoms with Gasteiger partial charge in [-0.15, -0.1) is 0 Å². The summed E-state index contributed by atoms with van der Waals surface area (Å²) in [4.78, 5) is 0. The van der Waals surface area contributed by atoms with E-state index in [1.807, 2.05) is 19.9 Å². The Morgan fingerprint density at radius 3 is 2.79 bits per heavy atom. The summed E-state index contributed by atoms with van der Waals surface area (Å²) >= 11 is 0. The van der Waals surface area contributed by atoms with E-state index in [-0.39, 0.29) is 5.82 Å². The number of aryl methyl sites for hydroxylation is 1. The zero-order valence-electron chi connectivity index (χ0n) is 12.3. The molecule has 0 aliphatic carbocycles. The van der Waals surface area contributed by atoms with Gasteiger partial charge in [-0.1, -0.05) is 13.0 Å². The van der Waals surface area contributed by atoms with Crippen molar-refractivity contribution in [2.75, 3.05) is 19.8 Å². The summed E-state index contributed by atoms with van der Waals surface area (Å²) in [7, 11) is 0. The van der Waals surface area contributed by atoms with Gasteiger partial charge in [0.2, 0.25) is 0 Å². The zero-order chi connectivity index (χ0) is 14.1. The van der Waals surface area contributed by atoms with Gasteiger partial charge < -0.3 is 10.1 Å². The molecule has 1 atom stereocenters. The molecule has 0 amide bonds. The molecule has 0 radical (unpaired) electrons. The Labute approximate surface area is 116 Å². The number of hydrogen-bond donors (Lipinski definition) is 1. The summed E-state index contributed by atoms with van der Waals surface area (Å²) in [6.07, 6.45) is 2.92. The molecule has 1 aromatic carbocycles. The van der Waals surface area contributed by atoms with Crippen molar-refractivity contribution >= 4 is 0 Å². The van der Waals surface area contributed by atoms with Crippen LogP contribution in [0.4, 0.5) is 4.39 Å². The Morgan fingerprint density at radius 1 is 1.32 bits per heavy atom. The third-order valence-corrected chi connectivity index (χ3v) is 3.28. The monoisotopic (exact) mass is 267 g/mol. The van der Waals surface area contributed by atoms with Crippen molar-refractivity contribution in [2.45, 2.75) is 46.1 Å². The van der Waals surface area contributed by atoms with E-state index in [4.69, 9.17) is 4.74 Å². The first kappa shape index (κ1) is 16.1. The minimum absolute atomic E-state index is 0.153. The summed E-state index contributed by atoms with van der Waals surface area (Å²) in [5, 5.41) is 3.52. The lowest BCUT2D eigenvalue weighted by Gasteiger charge is -2.19. The molecule has 0 fully saturated rings. The molecule has 0 spiro atoms. The number of nitrogens with one attached hydrogen (secondary N) is 1. The number of benzene rings is 1. The van der Waals surface area contributed by atoms with Crippen LogP contribution in [-0.4, -0.2) is 25.8 Å². The fraction of sp³-hybridized carbons (Fsp3) is 0.625. The van der Waals surface area contributed by atoms with E-state index >= 15 is 0 Å². The van der Waals surface area contributed by atoms with E-state index in [1.165, 1.54) is 6.07 Å². The van der Waals surface area contributed by atoms with E-state index in [0.29, 0.717) is 6.04 Å². The lowest BCUT2D eigenvalue weighted by Crippen LogP contribution is -2.33. The van der Waals surface area contributed by atoms with Crippen molar-refractivity contribution in [3.05, 3.63) is 35.1 Å². The van der Waals surface area contributed by atoms with Gasteiger partial charge in [-0.3, -0.25) is 0 Å². The van der Waals surface area contributed by atoms with Crippen molar-refractivity contribution in [1.29, 1.82) is 0 Å². The van der Waals surface area contributed by atoms with Crippen molar-refractivity contribution in [3.63, 3.8) is 0 Å². The lowest BCUT2D eigenvalue weighted by atomic mass is 9.99. The molecule has 0 aliphatic rings. The van der Waals surface area contributed by atoms with Crippen LogP contribution >= 0.6 is 0 Å². The maximum Gasteiger partial charge on any atom is 0.123 e. The van der Waals surface area contributed by atoms with Gasteiger partial charge in [0.25, 0.3) is 0 Å². The SMILES string of the molecule is CCCNC(CCOCC)Cc1cc(F)ccc1C. The van der Waals surface area contributed by atoms with Crippen LogP contribution in [-0.2, 0) is 11.2 Å². The summed E-state index contributed by atoms with van der Waals surface area (Å²) in [5.74, 6) is -0.153. The number of ether oxygens (including phenoxy) is 1. The highest BCUT2D eigenvalue weighted by Gasteiger charge is 2.11. The Kier molecular flexibility index (Phi) is 7.68. The van der Waals surface area contributed by atoms with Crippen molar-refractivity contribution in [2.24, 2.45) is 0 Å². The van der Waals surface area contributed by atoms with E-state index in [0.717, 1.165) is 50.1 Å². The molecule has 0 saturated carbocycles. The summed E-state index contributed by atoms with van der Waals surface area (Å²) in [6.45, 7) is 8.69. The van der Waals surface area contributed by atoms with E-state index in [1.54, 1.807) is 6.07 Å². The standard InChI is InChI=1S/C16H26FNO/c1-4-9-18-16(8-10-19-5-2)12-14-11-15(17)7-6-13(14)3/h6-7,11,16,18H,4-5,8-10,12H2,1-3H3. The number of rotatable bonds is 9. The van der Waals surface area contributed by atoms with Gasteiger partial charge in [-0.2, -0.15) is 0 Å². The fourth-order valence-corrected chi connectivity index (χ4v) is 2.12. The summed E-state index contributed by atoms with van der Waals surface area (Å²) < 4.78 is 18.7. The smallest absolute Gasteiger partial charge is 0.123 e. The number of halogens is 1. The van der Waals surface area contributed by atoms with Crippen molar-refractivity contribution in [3.8, 4) is 0 Å². The largest absolute Gasteiger partial charge is 0.382 e. The predicted molar refractivity (Wildman–Crippen MR) is 78.0 cm³/mol. The Balaban J connectivity index is 2.61. The van der Waals surface area contributed by atoms with Gasteiger partial charge in [0.15, 0.2) is 0 Å². The third kappa shape index (κ3) is 6.17. The first-order valence-corrected chi connectivity index (χ1v) is 7.23. The molecule has 1 N–H and O–H groups in total. The number of hydrogen-bond acceptors (Lipinski definition) is 2. The van der Waals surface area contributed by atoms with Crippen LogP contribution in [0.2, 0.25) is 0 Å². The minimum Gasteiger partial charge on any atom is -0.382 e. The highest BCUT2D eigenvalue weighted by atomic mass is 19.1. The van der Waals surface area contributed by atoms with Crippen molar-refractivity contribution in [1.82, 2.24) is 5.32 Å². The molecule has 1 rings (SSSR count). The normalized spacial score (nSPS) is 12.6. The second-order valence-electron chi connectivity index (χ2n) is 4.91. The summed E-state index contributed by atoms with van der Waals surface area (Å²) in [6, 6.07) is 5.38. The molecule has 0 aliphatic heterocycles. The quantitative estimate of drug-likeness (QED) is 0.692. The second-order valence-corrected chi connectivity index (χ2v) is 4.91. The van der Waals surface area contributed by atoms with E-state index in [9.17, 15) is 4.39 Å². The molecule has 0 heterocycles.